The third-order valence-electron chi connectivity index (χ3n) is 1.32. The lowest BCUT2D eigenvalue weighted by Gasteiger charge is -2.04. The van der Waals surface area contributed by atoms with Crippen molar-refractivity contribution in [1.82, 2.24) is 14.8 Å². The molecule has 0 unspecified atom stereocenters. The van der Waals surface area contributed by atoms with Crippen LogP contribution in [0.3, 0.4) is 0 Å². The molecule has 0 aliphatic carbocycles. The molecular weight excluding hydrogens is 227 g/mol. The molecule has 10 heteroatoms. The van der Waals surface area contributed by atoms with E-state index in [1.165, 1.54) is 0 Å². The molecule has 0 aliphatic heterocycles. The molecule has 0 amide bonds. The van der Waals surface area contributed by atoms with Crippen LogP contribution >= 0.6 is 0 Å². The normalized spacial score (nSPS) is 13.2. The average Bonchev–Trinajstić information content (AvgIpc) is 2.26. The lowest BCUT2D eigenvalue weighted by atomic mass is 10.6. The van der Waals surface area contributed by atoms with Gasteiger partial charge < -0.3 is 0 Å². The maximum Gasteiger partial charge on any atom is 0.451 e. The van der Waals surface area contributed by atoms with E-state index >= 15 is 0 Å². The summed E-state index contributed by atoms with van der Waals surface area (Å²) in [6, 6.07) is 0. The Kier molecular flexibility index (Phi) is 2.27. The van der Waals surface area contributed by atoms with E-state index in [1.807, 2.05) is 0 Å². The van der Waals surface area contributed by atoms with Gasteiger partial charge in [0.05, 0.1) is 0 Å². The first-order valence-electron chi connectivity index (χ1n) is 3.08. The molecule has 1 rings (SSSR count). The van der Waals surface area contributed by atoms with E-state index in [-0.39, 0.29) is 4.57 Å². The van der Waals surface area contributed by atoms with Gasteiger partial charge in [-0.25, -0.2) is 0 Å². The monoisotopic (exact) mass is 231 g/mol. The molecule has 1 aromatic heterocycles. The Morgan fingerprint density at radius 2 is 1.86 bits per heavy atom. The Balaban J connectivity index is 3.37. The van der Waals surface area contributed by atoms with Gasteiger partial charge >= 0.3 is 16.3 Å². The minimum absolute atomic E-state index is 0.148. The van der Waals surface area contributed by atoms with Gasteiger partial charge in [-0.2, -0.15) is 21.6 Å². The lowest BCUT2D eigenvalue weighted by Crippen LogP contribution is -2.15. The number of alkyl halides is 3. The Hall–Kier alpha value is -1.16. The van der Waals surface area contributed by atoms with Crippen LogP contribution in [0.4, 0.5) is 13.2 Å². The standard InChI is InChI=1S/C4H4F3N3O3S/c1-10-2(4(5,6)7)8-9-3(10)14(11,12)13/h1H3,(H,11,12,13). The molecule has 0 aromatic carbocycles. The van der Waals surface area contributed by atoms with Crippen LogP contribution in [-0.4, -0.2) is 27.7 Å². The van der Waals surface area contributed by atoms with E-state index < -0.39 is 27.3 Å². The highest BCUT2D eigenvalue weighted by atomic mass is 32.2. The van der Waals surface area contributed by atoms with Crippen molar-refractivity contribution in [2.75, 3.05) is 0 Å². The molecule has 1 N–H and O–H groups in total. The minimum atomic E-state index is -4.81. The van der Waals surface area contributed by atoms with E-state index in [0.29, 0.717) is 0 Å². The highest BCUT2D eigenvalue weighted by molar-refractivity contribution is 7.85. The summed E-state index contributed by atoms with van der Waals surface area (Å²) in [7, 11) is -4.00. The van der Waals surface area contributed by atoms with Crippen LogP contribution in [-0.2, 0) is 23.3 Å². The van der Waals surface area contributed by atoms with Crippen molar-refractivity contribution in [3.8, 4) is 0 Å². The van der Waals surface area contributed by atoms with E-state index in [2.05, 4.69) is 10.2 Å². The number of hydrogen-bond acceptors (Lipinski definition) is 4. The van der Waals surface area contributed by atoms with Crippen molar-refractivity contribution < 1.29 is 26.1 Å². The van der Waals surface area contributed by atoms with E-state index in [4.69, 9.17) is 4.55 Å². The van der Waals surface area contributed by atoms with Gasteiger partial charge in [-0.3, -0.25) is 9.12 Å². The molecule has 0 bridgehead atoms. The fourth-order valence-electron chi connectivity index (χ4n) is 0.786. The third kappa shape index (κ3) is 1.85. The number of aromatic nitrogens is 3. The van der Waals surface area contributed by atoms with Gasteiger partial charge in [-0.15, -0.1) is 10.2 Å². The number of rotatable bonds is 1. The lowest BCUT2D eigenvalue weighted by molar-refractivity contribution is -0.147. The molecule has 0 fully saturated rings. The molecule has 0 atom stereocenters. The van der Waals surface area contributed by atoms with Crippen molar-refractivity contribution >= 4 is 10.1 Å². The second-order valence-electron chi connectivity index (χ2n) is 2.34. The first-order valence-corrected chi connectivity index (χ1v) is 4.52. The zero-order valence-electron chi connectivity index (χ0n) is 6.65. The van der Waals surface area contributed by atoms with Crippen LogP contribution in [0.5, 0.6) is 0 Å². The zero-order valence-corrected chi connectivity index (χ0v) is 7.46. The highest BCUT2D eigenvalue weighted by Gasteiger charge is 2.39. The second kappa shape index (κ2) is 2.92. The van der Waals surface area contributed by atoms with Gasteiger partial charge in [0.2, 0.25) is 5.82 Å². The first-order chi connectivity index (χ1) is 6.14. The smallest absolute Gasteiger partial charge is 0.295 e. The van der Waals surface area contributed by atoms with Crippen molar-refractivity contribution in [3.05, 3.63) is 5.82 Å². The van der Waals surface area contributed by atoms with E-state index in [0.717, 1.165) is 7.05 Å². The maximum atomic E-state index is 12.1. The van der Waals surface area contributed by atoms with Crippen LogP contribution in [0.15, 0.2) is 5.16 Å². The molecule has 0 aliphatic rings. The first kappa shape index (κ1) is 10.9. The van der Waals surface area contributed by atoms with Crippen molar-refractivity contribution in [2.24, 2.45) is 7.05 Å². The van der Waals surface area contributed by atoms with E-state index in [1.54, 1.807) is 0 Å². The van der Waals surface area contributed by atoms with Gasteiger partial charge in [-0.05, 0) is 0 Å². The van der Waals surface area contributed by atoms with Crippen molar-refractivity contribution in [3.63, 3.8) is 0 Å². The molecule has 0 radical (unpaired) electrons. The Labute approximate surface area is 76.1 Å². The summed E-state index contributed by atoms with van der Waals surface area (Å²) in [6.07, 6.45) is -4.81. The fraction of sp³-hybridized carbons (Fsp3) is 0.500. The Morgan fingerprint density at radius 1 is 1.36 bits per heavy atom. The predicted octanol–water partition coefficient (Wildman–Crippen LogP) is 0.0806. The highest BCUT2D eigenvalue weighted by Crippen LogP contribution is 2.27. The van der Waals surface area contributed by atoms with Crippen LogP contribution in [0, 0.1) is 0 Å². The van der Waals surface area contributed by atoms with Gasteiger partial charge in [0.15, 0.2) is 0 Å². The Bertz CT molecular complexity index is 448. The second-order valence-corrected chi connectivity index (χ2v) is 3.65. The number of nitrogens with zero attached hydrogens (tertiary/aromatic N) is 3. The van der Waals surface area contributed by atoms with Gasteiger partial charge in [-0.1, -0.05) is 0 Å². The molecular formula is C4H4F3N3O3S. The number of hydrogen-bond donors (Lipinski definition) is 1. The SMILES string of the molecule is Cn1c(C(F)(F)F)nnc1S(=O)(=O)O. The predicted molar refractivity (Wildman–Crippen MR) is 35.8 cm³/mol. The summed E-state index contributed by atoms with van der Waals surface area (Å²) in [6.45, 7) is 0. The van der Waals surface area contributed by atoms with Crippen molar-refractivity contribution in [2.45, 2.75) is 11.3 Å². The summed E-state index contributed by atoms with van der Waals surface area (Å²) < 4.78 is 65.6. The van der Waals surface area contributed by atoms with Crippen LogP contribution in [0.1, 0.15) is 5.82 Å². The topological polar surface area (TPSA) is 85.1 Å². The molecule has 6 nitrogen and oxygen atoms in total. The third-order valence-corrected chi connectivity index (χ3v) is 2.14. The Morgan fingerprint density at radius 3 is 2.07 bits per heavy atom. The summed E-state index contributed by atoms with van der Waals surface area (Å²) in [5, 5.41) is 4.16. The van der Waals surface area contributed by atoms with Gasteiger partial charge in [0, 0.05) is 7.05 Å². The average molecular weight is 231 g/mol. The molecule has 0 saturated carbocycles. The number of halogens is 3. The molecule has 1 aromatic rings. The zero-order chi connectivity index (χ0) is 11.1. The quantitative estimate of drug-likeness (QED) is 0.692. The molecule has 1 heterocycles. The molecule has 80 valence electrons. The van der Waals surface area contributed by atoms with Crippen LogP contribution < -0.4 is 0 Å². The molecule has 0 spiro atoms. The van der Waals surface area contributed by atoms with E-state index in [9.17, 15) is 21.6 Å². The fourth-order valence-corrected chi connectivity index (χ4v) is 1.36. The maximum absolute atomic E-state index is 12.1. The van der Waals surface area contributed by atoms with Gasteiger partial charge in [0.1, 0.15) is 0 Å². The van der Waals surface area contributed by atoms with Gasteiger partial charge in [0.25, 0.3) is 5.16 Å². The van der Waals surface area contributed by atoms with Crippen LogP contribution in [0.2, 0.25) is 0 Å². The van der Waals surface area contributed by atoms with Crippen LogP contribution in [0.25, 0.3) is 0 Å². The molecule has 14 heavy (non-hydrogen) atoms. The molecule has 0 saturated heterocycles. The minimum Gasteiger partial charge on any atom is -0.295 e. The summed E-state index contributed by atoms with van der Waals surface area (Å²) in [5.74, 6) is -1.50. The summed E-state index contributed by atoms with van der Waals surface area (Å²) in [4.78, 5) is 0. The van der Waals surface area contributed by atoms with Crippen molar-refractivity contribution in [1.29, 1.82) is 0 Å². The summed E-state index contributed by atoms with van der Waals surface area (Å²) >= 11 is 0. The summed E-state index contributed by atoms with van der Waals surface area (Å²) in [5.41, 5.74) is 0. The largest absolute Gasteiger partial charge is 0.451 e.